The number of hydrogen-bond donors (Lipinski definition) is 0. The minimum Gasteiger partial charge on any atom is -0.449 e. The van der Waals surface area contributed by atoms with E-state index >= 15 is 0 Å². The first-order valence-electron chi connectivity index (χ1n) is 12.3. The molecule has 0 N–H and O–H groups in total. The molecule has 1 aliphatic heterocycles. The summed E-state index contributed by atoms with van der Waals surface area (Å²) in [6, 6.07) is 9.67. The lowest BCUT2D eigenvalue weighted by Gasteiger charge is -2.34. The van der Waals surface area contributed by atoms with Crippen LogP contribution in [-0.4, -0.2) is 64.6 Å². The van der Waals surface area contributed by atoms with Crippen LogP contribution < -0.4 is 0 Å². The number of fused-ring (bicyclic) bond motifs is 2. The van der Waals surface area contributed by atoms with Crippen LogP contribution in [0.15, 0.2) is 42.7 Å². The summed E-state index contributed by atoms with van der Waals surface area (Å²) < 4.78 is 5.21. The predicted molar refractivity (Wildman–Crippen MR) is 135 cm³/mol. The Kier molecular flexibility index (Phi) is 6.86. The van der Waals surface area contributed by atoms with E-state index in [9.17, 15) is 9.59 Å². The highest BCUT2D eigenvalue weighted by Crippen LogP contribution is 2.38. The number of hydrogen-bond acceptors (Lipinski definition) is 5. The minimum absolute atomic E-state index is 0.0580. The Morgan fingerprint density at radius 2 is 1.94 bits per heavy atom. The monoisotopic (exact) mass is 492 g/mol. The molecule has 0 saturated carbocycles. The van der Waals surface area contributed by atoms with E-state index in [2.05, 4.69) is 11.1 Å². The van der Waals surface area contributed by atoms with Crippen molar-refractivity contribution in [2.45, 2.75) is 38.5 Å². The van der Waals surface area contributed by atoms with Gasteiger partial charge in [0.05, 0.1) is 17.1 Å². The second-order valence-corrected chi connectivity index (χ2v) is 9.58. The van der Waals surface area contributed by atoms with Gasteiger partial charge in [0.25, 0.3) is 5.91 Å². The van der Waals surface area contributed by atoms with Crippen LogP contribution in [0.1, 0.15) is 52.9 Å². The van der Waals surface area contributed by atoms with Crippen LogP contribution in [0.3, 0.4) is 0 Å². The van der Waals surface area contributed by atoms with Gasteiger partial charge in [-0.3, -0.25) is 14.8 Å². The number of nitrogens with zero attached hydrogens (tertiary/aromatic N) is 4. The zero-order valence-electron chi connectivity index (χ0n) is 19.9. The molecule has 5 rings (SSSR count). The number of piperazine rings is 1. The quantitative estimate of drug-likeness (QED) is 0.520. The van der Waals surface area contributed by atoms with Crippen molar-refractivity contribution < 1.29 is 14.3 Å². The van der Waals surface area contributed by atoms with E-state index in [1.54, 1.807) is 16.0 Å². The lowest BCUT2D eigenvalue weighted by atomic mass is 9.82. The van der Waals surface area contributed by atoms with Crippen molar-refractivity contribution in [2.24, 2.45) is 0 Å². The Morgan fingerprint density at radius 1 is 1.14 bits per heavy atom. The summed E-state index contributed by atoms with van der Waals surface area (Å²) in [5, 5.41) is 1.62. The van der Waals surface area contributed by atoms with Gasteiger partial charge < -0.3 is 14.5 Å². The molecule has 0 radical (unpaired) electrons. The molecular weight excluding hydrogens is 464 g/mol. The molecule has 182 valence electrons. The Hall–Kier alpha value is -3.19. The molecule has 35 heavy (non-hydrogen) atoms. The fourth-order valence-corrected chi connectivity index (χ4v) is 5.34. The van der Waals surface area contributed by atoms with Gasteiger partial charge in [0, 0.05) is 55.2 Å². The molecule has 2 amide bonds. The number of halogens is 1. The van der Waals surface area contributed by atoms with Gasteiger partial charge in [-0.2, -0.15) is 0 Å². The third-order valence-electron chi connectivity index (χ3n) is 6.94. The first-order chi connectivity index (χ1) is 17.0. The van der Waals surface area contributed by atoms with Gasteiger partial charge >= 0.3 is 6.09 Å². The highest BCUT2D eigenvalue weighted by Gasteiger charge is 2.27. The number of ether oxygens (including phenoxy) is 1. The van der Waals surface area contributed by atoms with Crippen LogP contribution in [0.2, 0.25) is 5.02 Å². The topological polar surface area (TPSA) is 75.6 Å². The molecule has 1 aromatic carbocycles. The highest BCUT2D eigenvalue weighted by atomic mass is 35.5. The summed E-state index contributed by atoms with van der Waals surface area (Å²) in [6.07, 6.45) is 6.90. The second kappa shape index (κ2) is 10.2. The molecule has 2 aliphatic rings. The first kappa shape index (κ1) is 23.5. The van der Waals surface area contributed by atoms with E-state index in [0.717, 1.165) is 52.9 Å². The van der Waals surface area contributed by atoms with E-state index in [0.29, 0.717) is 44.3 Å². The number of carbonyl (C=O) groups is 2. The summed E-state index contributed by atoms with van der Waals surface area (Å²) in [5.74, 6) is 0.305. The summed E-state index contributed by atoms with van der Waals surface area (Å²) >= 11 is 6.82. The van der Waals surface area contributed by atoms with Crippen LogP contribution in [-0.2, 0) is 17.6 Å². The molecule has 1 unspecified atom stereocenters. The van der Waals surface area contributed by atoms with Crippen molar-refractivity contribution >= 4 is 34.5 Å². The Morgan fingerprint density at radius 3 is 2.69 bits per heavy atom. The van der Waals surface area contributed by atoms with Crippen LogP contribution in [0.4, 0.5) is 4.79 Å². The van der Waals surface area contributed by atoms with Crippen molar-refractivity contribution in [3.05, 3.63) is 70.1 Å². The summed E-state index contributed by atoms with van der Waals surface area (Å²) in [4.78, 5) is 38.0. The molecule has 1 fully saturated rings. The van der Waals surface area contributed by atoms with Crippen LogP contribution >= 0.6 is 11.6 Å². The standard InChI is InChI=1S/C27H29ClN4O3/c1-2-14-35-27(34)32-12-10-31(11-13-32)26(33)19-6-8-22-24(16-19)30-23-15-18(5-7-21(23)25(22)28)20-4-3-9-29-17-20/h3-4,6,8-9,16-18H,2,5,7,10-15H2,1H3. The number of aromatic nitrogens is 2. The van der Waals surface area contributed by atoms with Gasteiger partial charge in [-0.1, -0.05) is 30.7 Å². The van der Waals surface area contributed by atoms with Gasteiger partial charge in [-0.15, -0.1) is 0 Å². The average Bonchev–Trinajstić information content (AvgIpc) is 2.91. The molecular formula is C27H29ClN4O3. The van der Waals surface area contributed by atoms with Gasteiger partial charge in [-0.25, -0.2) is 4.79 Å². The molecule has 3 aromatic rings. The SMILES string of the molecule is CCCOC(=O)N1CCN(C(=O)c2ccc3c(Cl)c4c(nc3c2)CC(c2cccnc2)CC4)CC1. The van der Waals surface area contributed by atoms with Crippen molar-refractivity contribution in [3.8, 4) is 0 Å². The van der Waals surface area contributed by atoms with Gasteiger partial charge in [0.2, 0.25) is 0 Å². The fraction of sp³-hybridized carbons (Fsp3) is 0.407. The van der Waals surface area contributed by atoms with E-state index in [1.165, 1.54) is 5.56 Å². The molecule has 7 nitrogen and oxygen atoms in total. The molecule has 0 spiro atoms. The molecule has 1 aliphatic carbocycles. The van der Waals surface area contributed by atoms with Crippen molar-refractivity contribution in [2.75, 3.05) is 32.8 Å². The normalized spacial score (nSPS) is 17.8. The van der Waals surface area contributed by atoms with Gasteiger partial charge in [0.1, 0.15) is 0 Å². The molecule has 1 saturated heterocycles. The third kappa shape index (κ3) is 4.82. The summed E-state index contributed by atoms with van der Waals surface area (Å²) in [5.41, 5.74) is 4.67. The number of benzene rings is 1. The molecule has 2 aromatic heterocycles. The minimum atomic E-state index is -0.308. The van der Waals surface area contributed by atoms with E-state index in [1.807, 2.05) is 37.4 Å². The Balaban J connectivity index is 1.33. The maximum Gasteiger partial charge on any atom is 0.409 e. The average molecular weight is 493 g/mol. The lowest BCUT2D eigenvalue weighted by Crippen LogP contribution is -2.50. The summed E-state index contributed by atoms with van der Waals surface area (Å²) in [6.45, 7) is 4.26. The van der Waals surface area contributed by atoms with E-state index < -0.39 is 0 Å². The van der Waals surface area contributed by atoms with Crippen LogP contribution in [0.5, 0.6) is 0 Å². The number of carbonyl (C=O) groups excluding carboxylic acids is 2. The smallest absolute Gasteiger partial charge is 0.409 e. The second-order valence-electron chi connectivity index (χ2n) is 9.20. The highest BCUT2D eigenvalue weighted by molar-refractivity contribution is 6.36. The first-order valence-corrected chi connectivity index (χ1v) is 12.6. The fourth-order valence-electron chi connectivity index (χ4n) is 4.98. The maximum absolute atomic E-state index is 13.2. The van der Waals surface area contributed by atoms with Crippen LogP contribution in [0, 0.1) is 0 Å². The lowest BCUT2D eigenvalue weighted by molar-refractivity contribution is 0.0560. The summed E-state index contributed by atoms with van der Waals surface area (Å²) in [7, 11) is 0. The zero-order valence-corrected chi connectivity index (χ0v) is 20.6. The Labute approximate surface area is 210 Å². The molecule has 1 atom stereocenters. The molecule has 0 bridgehead atoms. The maximum atomic E-state index is 13.2. The van der Waals surface area contributed by atoms with Crippen molar-refractivity contribution in [3.63, 3.8) is 0 Å². The van der Waals surface area contributed by atoms with E-state index in [-0.39, 0.29) is 12.0 Å². The number of amides is 2. The number of rotatable bonds is 4. The number of pyridine rings is 2. The van der Waals surface area contributed by atoms with Crippen LogP contribution in [0.25, 0.3) is 10.9 Å². The van der Waals surface area contributed by atoms with Gasteiger partial charge in [-0.05, 0) is 60.9 Å². The predicted octanol–water partition coefficient (Wildman–Crippen LogP) is 4.86. The van der Waals surface area contributed by atoms with E-state index in [4.69, 9.17) is 21.3 Å². The van der Waals surface area contributed by atoms with Crippen molar-refractivity contribution in [1.82, 2.24) is 19.8 Å². The molecule has 3 heterocycles. The largest absolute Gasteiger partial charge is 0.449 e. The molecule has 8 heteroatoms. The van der Waals surface area contributed by atoms with Gasteiger partial charge in [0.15, 0.2) is 0 Å². The third-order valence-corrected chi connectivity index (χ3v) is 7.37. The van der Waals surface area contributed by atoms with Crippen molar-refractivity contribution in [1.29, 1.82) is 0 Å². The Bertz CT molecular complexity index is 1240. The zero-order chi connectivity index (χ0) is 24.4.